The van der Waals surface area contributed by atoms with Crippen LogP contribution in [-0.4, -0.2) is 18.5 Å². The monoisotopic (exact) mass is 375 g/mol. The number of benzene rings is 2. The SMILES string of the molecule is Cc1cccc(C(=O)OCC(=O)N[C@@H](C)c2ccccc2Br)c1. The van der Waals surface area contributed by atoms with Gasteiger partial charge in [0, 0.05) is 4.47 Å². The van der Waals surface area contributed by atoms with E-state index in [1.165, 1.54) is 0 Å². The first-order chi connectivity index (χ1) is 11.0. The lowest BCUT2D eigenvalue weighted by molar-refractivity contribution is -0.124. The first-order valence-electron chi connectivity index (χ1n) is 7.25. The van der Waals surface area contributed by atoms with Crippen LogP contribution in [0.25, 0.3) is 0 Å². The number of aryl methyl sites for hydroxylation is 1. The van der Waals surface area contributed by atoms with Crippen LogP contribution in [0.15, 0.2) is 53.0 Å². The highest BCUT2D eigenvalue weighted by molar-refractivity contribution is 9.10. The molecule has 1 amide bonds. The van der Waals surface area contributed by atoms with E-state index in [1.54, 1.807) is 18.2 Å². The molecule has 0 aliphatic carbocycles. The van der Waals surface area contributed by atoms with Crippen molar-refractivity contribution in [3.8, 4) is 0 Å². The van der Waals surface area contributed by atoms with Gasteiger partial charge in [0.15, 0.2) is 6.61 Å². The molecule has 0 heterocycles. The summed E-state index contributed by atoms with van der Waals surface area (Å²) in [7, 11) is 0. The van der Waals surface area contributed by atoms with Crippen molar-refractivity contribution in [2.75, 3.05) is 6.61 Å². The third-order valence-corrected chi connectivity index (χ3v) is 4.06. The van der Waals surface area contributed by atoms with Crippen molar-refractivity contribution >= 4 is 27.8 Å². The molecule has 23 heavy (non-hydrogen) atoms. The van der Waals surface area contributed by atoms with E-state index in [2.05, 4.69) is 21.2 Å². The highest BCUT2D eigenvalue weighted by Crippen LogP contribution is 2.22. The van der Waals surface area contributed by atoms with E-state index in [0.29, 0.717) is 5.56 Å². The van der Waals surface area contributed by atoms with E-state index < -0.39 is 5.97 Å². The van der Waals surface area contributed by atoms with Gasteiger partial charge in [0.1, 0.15) is 0 Å². The Balaban J connectivity index is 1.88. The van der Waals surface area contributed by atoms with E-state index >= 15 is 0 Å². The van der Waals surface area contributed by atoms with Crippen LogP contribution >= 0.6 is 15.9 Å². The molecule has 0 radical (unpaired) electrons. The average Bonchev–Trinajstić information content (AvgIpc) is 2.53. The number of esters is 1. The van der Waals surface area contributed by atoms with E-state index in [0.717, 1.165) is 15.6 Å². The van der Waals surface area contributed by atoms with Gasteiger partial charge in [-0.05, 0) is 37.6 Å². The smallest absolute Gasteiger partial charge is 0.338 e. The summed E-state index contributed by atoms with van der Waals surface area (Å²) >= 11 is 3.45. The summed E-state index contributed by atoms with van der Waals surface area (Å²) in [5.41, 5.74) is 2.37. The molecule has 0 aliphatic rings. The van der Waals surface area contributed by atoms with Crippen molar-refractivity contribution in [2.45, 2.75) is 19.9 Å². The molecule has 0 aliphatic heterocycles. The lowest BCUT2D eigenvalue weighted by Crippen LogP contribution is -2.31. The third kappa shape index (κ3) is 4.93. The summed E-state index contributed by atoms with van der Waals surface area (Å²) in [6.45, 7) is 3.46. The van der Waals surface area contributed by atoms with Crippen LogP contribution in [0.4, 0.5) is 0 Å². The van der Waals surface area contributed by atoms with Crippen LogP contribution in [0.5, 0.6) is 0 Å². The van der Waals surface area contributed by atoms with Gasteiger partial charge in [-0.25, -0.2) is 4.79 Å². The molecule has 5 heteroatoms. The van der Waals surface area contributed by atoms with Gasteiger partial charge in [0.2, 0.25) is 0 Å². The second-order valence-corrected chi connectivity index (χ2v) is 6.11. The topological polar surface area (TPSA) is 55.4 Å². The number of amides is 1. The molecule has 0 saturated heterocycles. The molecule has 4 nitrogen and oxygen atoms in total. The van der Waals surface area contributed by atoms with Crippen molar-refractivity contribution in [3.63, 3.8) is 0 Å². The summed E-state index contributed by atoms with van der Waals surface area (Å²) in [5.74, 6) is -0.841. The summed E-state index contributed by atoms with van der Waals surface area (Å²) < 4.78 is 5.97. The van der Waals surface area contributed by atoms with Crippen molar-refractivity contribution < 1.29 is 14.3 Å². The van der Waals surface area contributed by atoms with Crippen LogP contribution in [0.3, 0.4) is 0 Å². The minimum absolute atomic E-state index is 0.184. The number of hydrogen-bond acceptors (Lipinski definition) is 3. The molecule has 0 bridgehead atoms. The van der Waals surface area contributed by atoms with Crippen LogP contribution in [-0.2, 0) is 9.53 Å². The summed E-state index contributed by atoms with van der Waals surface area (Å²) in [6, 6.07) is 14.5. The number of rotatable bonds is 5. The van der Waals surface area contributed by atoms with Crippen LogP contribution in [0, 0.1) is 6.92 Å². The Hall–Kier alpha value is -2.14. The van der Waals surface area contributed by atoms with Gasteiger partial charge >= 0.3 is 5.97 Å². The molecule has 0 aromatic heterocycles. The quantitative estimate of drug-likeness (QED) is 0.808. The standard InChI is InChI=1S/C18H18BrNO3/c1-12-6-5-7-14(10-12)18(22)23-11-17(21)20-13(2)15-8-3-4-9-16(15)19/h3-10,13H,11H2,1-2H3,(H,20,21)/t13-/m0/s1. The summed E-state index contributed by atoms with van der Waals surface area (Å²) in [5, 5.41) is 2.81. The molecule has 2 aromatic carbocycles. The zero-order valence-electron chi connectivity index (χ0n) is 13.0. The van der Waals surface area contributed by atoms with E-state index in [-0.39, 0.29) is 18.6 Å². The molecule has 0 fully saturated rings. The molecule has 0 saturated carbocycles. The molecular weight excluding hydrogens is 358 g/mol. The van der Waals surface area contributed by atoms with Gasteiger partial charge < -0.3 is 10.1 Å². The predicted molar refractivity (Wildman–Crippen MR) is 92.2 cm³/mol. The van der Waals surface area contributed by atoms with Gasteiger partial charge in [-0.15, -0.1) is 0 Å². The Morgan fingerprint density at radius 2 is 1.91 bits per heavy atom. The second kappa shape index (κ2) is 7.92. The van der Waals surface area contributed by atoms with Crippen molar-refractivity contribution in [3.05, 3.63) is 69.7 Å². The number of carbonyl (C=O) groups is 2. The molecule has 0 spiro atoms. The molecule has 120 valence electrons. The highest BCUT2D eigenvalue weighted by Gasteiger charge is 2.14. The Labute approximate surface area is 144 Å². The number of carbonyl (C=O) groups excluding carboxylic acids is 2. The zero-order chi connectivity index (χ0) is 16.8. The summed E-state index contributed by atoms with van der Waals surface area (Å²) in [6.07, 6.45) is 0. The molecule has 2 rings (SSSR count). The molecule has 2 aromatic rings. The maximum atomic E-state index is 11.9. The van der Waals surface area contributed by atoms with E-state index in [1.807, 2.05) is 44.2 Å². The minimum atomic E-state index is -0.502. The van der Waals surface area contributed by atoms with Crippen molar-refractivity contribution in [1.82, 2.24) is 5.32 Å². The van der Waals surface area contributed by atoms with E-state index in [9.17, 15) is 9.59 Å². The fourth-order valence-electron chi connectivity index (χ4n) is 2.17. The Kier molecular flexibility index (Phi) is 5.93. The number of ether oxygens (including phenoxy) is 1. The predicted octanol–water partition coefficient (Wildman–Crippen LogP) is 3.79. The van der Waals surface area contributed by atoms with Gasteiger partial charge in [-0.2, -0.15) is 0 Å². The molecule has 0 unspecified atom stereocenters. The van der Waals surface area contributed by atoms with Crippen molar-refractivity contribution in [1.29, 1.82) is 0 Å². The van der Waals surface area contributed by atoms with E-state index in [4.69, 9.17) is 4.74 Å². The molecular formula is C18H18BrNO3. The molecule has 1 atom stereocenters. The number of halogens is 1. The first-order valence-corrected chi connectivity index (χ1v) is 8.04. The normalized spacial score (nSPS) is 11.6. The lowest BCUT2D eigenvalue weighted by Gasteiger charge is -2.15. The van der Waals surface area contributed by atoms with Gasteiger partial charge in [-0.3, -0.25) is 4.79 Å². The zero-order valence-corrected chi connectivity index (χ0v) is 14.6. The number of hydrogen-bond donors (Lipinski definition) is 1. The Morgan fingerprint density at radius 1 is 1.17 bits per heavy atom. The number of nitrogens with one attached hydrogen (secondary N) is 1. The van der Waals surface area contributed by atoms with Crippen molar-refractivity contribution in [2.24, 2.45) is 0 Å². The van der Waals surface area contributed by atoms with Crippen LogP contribution in [0.2, 0.25) is 0 Å². The Bertz CT molecular complexity index is 715. The fourth-order valence-corrected chi connectivity index (χ4v) is 2.80. The maximum absolute atomic E-state index is 11.9. The largest absolute Gasteiger partial charge is 0.452 e. The summed E-state index contributed by atoms with van der Waals surface area (Å²) in [4.78, 5) is 23.8. The maximum Gasteiger partial charge on any atom is 0.338 e. The highest BCUT2D eigenvalue weighted by atomic mass is 79.9. The fraction of sp³-hybridized carbons (Fsp3) is 0.222. The first kappa shape index (κ1) is 17.2. The van der Waals surface area contributed by atoms with Gasteiger partial charge in [0.25, 0.3) is 5.91 Å². The van der Waals surface area contributed by atoms with Gasteiger partial charge in [0.05, 0.1) is 11.6 Å². The molecule has 1 N–H and O–H groups in total. The lowest BCUT2D eigenvalue weighted by atomic mass is 10.1. The van der Waals surface area contributed by atoms with Crippen LogP contribution in [0.1, 0.15) is 34.5 Å². The third-order valence-electron chi connectivity index (χ3n) is 3.34. The Morgan fingerprint density at radius 3 is 2.61 bits per heavy atom. The van der Waals surface area contributed by atoms with Crippen LogP contribution < -0.4 is 5.32 Å². The average molecular weight is 376 g/mol. The second-order valence-electron chi connectivity index (χ2n) is 5.26. The van der Waals surface area contributed by atoms with Gasteiger partial charge in [-0.1, -0.05) is 51.8 Å². The minimum Gasteiger partial charge on any atom is -0.452 e.